The van der Waals surface area contributed by atoms with Crippen molar-refractivity contribution in [3.63, 3.8) is 0 Å². The van der Waals surface area contributed by atoms with E-state index in [4.69, 9.17) is 9.47 Å². The van der Waals surface area contributed by atoms with Gasteiger partial charge in [-0.25, -0.2) is 4.79 Å². The smallest absolute Gasteiger partial charge is 0.438 e. The Kier molecular flexibility index (Phi) is 13.6. The third kappa shape index (κ3) is 19.7. The Morgan fingerprint density at radius 3 is 0.912 bits per heavy atom. The Bertz CT molecular complexity index is 567. The summed E-state index contributed by atoms with van der Waals surface area (Å²) in [5.41, 5.74) is 0. The van der Waals surface area contributed by atoms with Crippen LogP contribution in [0.25, 0.3) is 0 Å². The molecule has 0 fully saturated rings. The molecule has 0 aromatic heterocycles. The van der Waals surface area contributed by atoms with Crippen LogP contribution in [0.15, 0.2) is 0 Å². The van der Waals surface area contributed by atoms with E-state index in [1.54, 1.807) is 0 Å². The fraction of sp³-hybridized carbons (Fsp3) is 0.960. The SMILES string of the molecule is C[Si](C)(C)CC[Si](C)(C)CC[Si](C)(C)COC(=O)OC[Si](C)(C)CC[Si](C)(C)CC[Si](C)(C)C. The molecule has 0 aliphatic rings. The predicted octanol–water partition coefficient (Wildman–Crippen LogP) is 9.73. The van der Waals surface area contributed by atoms with E-state index < -0.39 is 54.6 Å². The maximum Gasteiger partial charge on any atom is 0.507 e. The summed E-state index contributed by atoms with van der Waals surface area (Å²) in [6.07, 6.45) is 0.776. The fourth-order valence-corrected chi connectivity index (χ4v) is 27.8. The minimum atomic E-state index is -1.55. The molecule has 0 aromatic carbocycles. The quantitative estimate of drug-likeness (QED) is 0.135. The molecular formula is C25H62O3Si6. The topological polar surface area (TPSA) is 35.5 Å². The molecule has 34 heavy (non-hydrogen) atoms. The van der Waals surface area contributed by atoms with Crippen LogP contribution in [-0.4, -0.2) is 67.1 Å². The number of rotatable bonds is 16. The minimum absolute atomic E-state index is 0.424. The lowest BCUT2D eigenvalue weighted by molar-refractivity contribution is 0.0777. The van der Waals surface area contributed by atoms with Gasteiger partial charge in [0, 0.05) is 32.3 Å². The summed E-state index contributed by atoms with van der Waals surface area (Å²) in [6.45, 7) is 34.6. The van der Waals surface area contributed by atoms with Crippen molar-refractivity contribution in [2.75, 3.05) is 12.5 Å². The summed E-state index contributed by atoms with van der Waals surface area (Å²) in [6, 6.07) is 11.1. The van der Waals surface area contributed by atoms with Gasteiger partial charge < -0.3 is 9.47 Å². The Labute approximate surface area is 220 Å². The van der Waals surface area contributed by atoms with Crippen molar-refractivity contribution in [3.8, 4) is 0 Å². The molecule has 0 aliphatic carbocycles. The third-order valence-electron chi connectivity index (χ3n) is 7.22. The molecular weight excluding hydrogens is 517 g/mol. The predicted molar refractivity (Wildman–Crippen MR) is 172 cm³/mol. The van der Waals surface area contributed by atoms with E-state index in [0.29, 0.717) is 12.5 Å². The van der Waals surface area contributed by atoms with Crippen molar-refractivity contribution in [3.05, 3.63) is 0 Å². The first-order chi connectivity index (χ1) is 14.9. The van der Waals surface area contributed by atoms with Crippen LogP contribution < -0.4 is 0 Å². The summed E-state index contributed by atoms with van der Waals surface area (Å²) < 4.78 is 11.3. The highest BCUT2D eigenvalue weighted by Crippen LogP contribution is 2.29. The molecule has 0 rings (SSSR count). The average molecular weight is 579 g/mol. The summed E-state index contributed by atoms with van der Waals surface area (Å²) in [7, 11) is -7.32. The van der Waals surface area contributed by atoms with E-state index >= 15 is 0 Å². The maximum absolute atomic E-state index is 12.4. The second-order valence-corrected chi connectivity index (χ2v) is 48.7. The lowest BCUT2D eigenvalue weighted by Crippen LogP contribution is -2.40. The van der Waals surface area contributed by atoms with Crippen LogP contribution in [0, 0.1) is 0 Å². The van der Waals surface area contributed by atoms with Gasteiger partial charge in [0.2, 0.25) is 0 Å². The molecule has 204 valence electrons. The number of hydrogen-bond acceptors (Lipinski definition) is 3. The van der Waals surface area contributed by atoms with E-state index in [9.17, 15) is 4.79 Å². The minimum Gasteiger partial charge on any atom is -0.438 e. The second kappa shape index (κ2) is 13.4. The van der Waals surface area contributed by atoms with Gasteiger partial charge in [-0.15, -0.1) is 0 Å². The second-order valence-electron chi connectivity index (χ2n) is 16.6. The molecule has 0 atom stereocenters. The van der Waals surface area contributed by atoms with E-state index in [1.165, 1.54) is 48.4 Å². The van der Waals surface area contributed by atoms with Crippen LogP contribution >= 0.6 is 0 Å². The Morgan fingerprint density at radius 1 is 0.412 bits per heavy atom. The molecule has 3 nitrogen and oxygen atoms in total. The molecule has 0 unspecified atom stereocenters. The average Bonchev–Trinajstić information content (AvgIpc) is 2.65. The van der Waals surface area contributed by atoms with E-state index in [1.807, 2.05) is 0 Å². The van der Waals surface area contributed by atoms with Crippen molar-refractivity contribution in [2.24, 2.45) is 0 Å². The van der Waals surface area contributed by atoms with Gasteiger partial charge in [0.25, 0.3) is 0 Å². The summed E-state index contributed by atoms with van der Waals surface area (Å²) in [4.78, 5) is 12.4. The van der Waals surface area contributed by atoms with Gasteiger partial charge in [-0.05, 0) is 0 Å². The molecule has 0 bridgehead atoms. The first-order valence-corrected chi connectivity index (χ1v) is 34.8. The number of carbonyl (C=O) groups is 1. The van der Waals surface area contributed by atoms with Gasteiger partial charge in [0.05, 0.1) is 28.6 Å². The van der Waals surface area contributed by atoms with Crippen LogP contribution in [0.1, 0.15) is 0 Å². The monoisotopic (exact) mass is 578 g/mol. The molecule has 0 saturated carbocycles. The standard InChI is InChI=1S/C25H62O3Si6/c1-29(2,3)15-17-31(7,8)19-21-33(11,12)23-27-25(26)28-24-34(13,14)22-20-32(9,10)18-16-30(4,5)6/h15-24H2,1-14H3. The number of hydrogen-bond donors (Lipinski definition) is 0. The molecule has 0 N–H and O–H groups in total. The van der Waals surface area contributed by atoms with Crippen molar-refractivity contribution < 1.29 is 14.3 Å². The Morgan fingerprint density at radius 2 is 0.647 bits per heavy atom. The van der Waals surface area contributed by atoms with Crippen LogP contribution in [-0.2, 0) is 9.47 Å². The zero-order chi connectivity index (χ0) is 27.1. The van der Waals surface area contributed by atoms with Crippen LogP contribution in [0.2, 0.25) is 140 Å². The molecule has 0 aromatic rings. The lowest BCUT2D eigenvalue weighted by atomic mass is 10.9. The summed E-state index contributed by atoms with van der Waals surface area (Å²) >= 11 is 0. The van der Waals surface area contributed by atoms with Crippen molar-refractivity contribution in [2.45, 2.75) is 140 Å². The van der Waals surface area contributed by atoms with Gasteiger partial charge in [-0.3, -0.25) is 0 Å². The third-order valence-corrected chi connectivity index (χ3v) is 24.2. The summed E-state index contributed by atoms with van der Waals surface area (Å²) in [5.74, 6) is 0. The molecule has 9 heteroatoms. The fourth-order valence-electron chi connectivity index (χ4n) is 3.72. The van der Waals surface area contributed by atoms with Gasteiger partial charge in [-0.1, -0.05) is 140 Å². The molecule has 0 amide bonds. The van der Waals surface area contributed by atoms with Crippen molar-refractivity contribution >= 4 is 54.6 Å². The van der Waals surface area contributed by atoms with E-state index in [0.717, 1.165) is 0 Å². The molecule has 0 saturated heterocycles. The Balaban J connectivity index is 4.42. The number of carbonyl (C=O) groups excluding carboxylic acids is 1. The van der Waals surface area contributed by atoms with Gasteiger partial charge in [-0.2, -0.15) is 0 Å². The van der Waals surface area contributed by atoms with Crippen molar-refractivity contribution in [1.29, 1.82) is 0 Å². The van der Waals surface area contributed by atoms with E-state index in [2.05, 4.69) is 91.7 Å². The number of ether oxygens (including phenoxy) is 2. The largest absolute Gasteiger partial charge is 0.507 e. The molecule has 0 aliphatic heterocycles. The van der Waals surface area contributed by atoms with Gasteiger partial charge >= 0.3 is 6.16 Å². The van der Waals surface area contributed by atoms with Crippen LogP contribution in [0.3, 0.4) is 0 Å². The van der Waals surface area contributed by atoms with Crippen molar-refractivity contribution in [1.82, 2.24) is 0 Å². The molecule has 0 spiro atoms. The summed E-state index contributed by atoms with van der Waals surface area (Å²) in [5, 5.41) is 0. The van der Waals surface area contributed by atoms with Crippen LogP contribution in [0.4, 0.5) is 4.79 Å². The first-order valence-electron chi connectivity index (χ1n) is 13.7. The first kappa shape index (κ1) is 34.6. The molecule has 0 heterocycles. The Hall–Kier alpha value is 0.571. The zero-order valence-electron chi connectivity index (χ0n) is 25.8. The maximum atomic E-state index is 12.4. The zero-order valence-corrected chi connectivity index (χ0v) is 31.8. The molecule has 0 radical (unpaired) electrons. The van der Waals surface area contributed by atoms with Gasteiger partial charge in [0.1, 0.15) is 0 Å². The highest BCUT2D eigenvalue weighted by atomic mass is 28.3. The highest BCUT2D eigenvalue weighted by Gasteiger charge is 2.32. The normalized spacial score (nSPS) is 14.3. The van der Waals surface area contributed by atoms with Crippen LogP contribution in [0.5, 0.6) is 0 Å². The van der Waals surface area contributed by atoms with Gasteiger partial charge in [0.15, 0.2) is 0 Å². The lowest BCUT2D eigenvalue weighted by Gasteiger charge is -2.31. The van der Waals surface area contributed by atoms with E-state index in [-0.39, 0.29) is 0 Å². The highest BCUT2D eigenvalue weighted by molar-refractivity contribution is 6.85.